The maximum absolute atomic E-state index is 11.7. The highest BCUT2D eigenvalue weighted by molar-refractivity contribution is 6.30. The second kappa shape index (κ2) is 5.46. The van der Waals surface area contributed by atoms with Crippen LogP contribution in [-0.4, -0.2) is 11.2 Å². The topological polar surface area (TPSA) is 40.5 Å². The van der Waals surface area contributed by atoms with Gasteiger partial charge in [0.25, 0.3) is 0 Å². The van der Waals surface area contributed by atoms with E-state index in [1.807, 2.05) is 36.4 Å². The van der Waals surface area contributed by atoms with Crippen LogP contribution in [0.1, 0.15) is 0 Å². The summed E-state index contributed by atoms with van der Waals surface area (Å²) in [4.78, 5) is 13.0. The van der Waals surface area contributed by atoms with Crippen LogP contribution < -0.4 is 4.90 Å². The fourth-order valence-corrected chi connectivity index (χ4v) is 2.47. The van der Waals surface area contributed by atoms with Crippen molar-refractivity contribution in [3.8, 4) is 0 Å². The maximum Gasteiger partial charge on any atom is 0.416 e. The molecule has 0 aliphatic carbocycles. The van der Waals surface area contributed by atoms with Crippen molar-refractivity contribution in [2.24, 2.45) is 0 Å². The highest BCUT2D eigenvalue weighted by atomic mass is 35.5. The van der Waals surface area contributed by atoms with E-state index < -0.39 is 6.09 Å². The average Bonchev–Trinajstić information content (AvgIpc) is 2.49. The van der Waals surface area contributed by atoms with Crippen LogP contribution in [0.3, 0.4) is 0 Å². The predicted molar refractivity (Wildman–Crippen MR) is 85.6 cm³/mol. The molecule has 0 saturated heterocycles. The monoisotopic (exact) mass is 297 g/mol. The van der Waals surface area contributed by atoms with Gasteiger partial charge in [0.1, 0.15) is 0 Å². The molecule has 0 heterocycles. The molecule has 1 N–H and O–H groups in total. The molecule has 3 aromatic carbocycles. The van der Waals surface area contributed by atoms with Crippen molar-refractivity contribution in [2.75, 3.05) is 4.90 Å². The van der Waals surface area contributed by atoms with E-state index in [9.17, 15) is 9.90 Å². The normalized spacial score (nSPS) is 10.5. The van der Waals surface area contributed by atoms with Crippen molar-refractivity contribution in [1.82, 2.24) is 0 Å². The van der Waals surface area contributed by atoms with Gasteiger partial charge < -0.3 is 5.11 Å². The minimum atomic E-state index is -1.03. The van der Waals surface area contributed by atoms with Crippen molar-refractivity contribution < 1.29 is 9.90 Å². The molecular weight excluding hydrogens is 286 g/mol. The molecule has 21 heavy (non-hydrogen) atoms. The number of carbonyl (C=O) groups is 1. The van der Waals surface area contributed by atoms with Gasteiger partial charge >= 0.3 is 6.09 Å². The quantitative estimate of drug-likeness (QED) is 0.696. The van der Waals surface area contributed by atoms with Crippen LogP contribution in [-0.2, 0) is 0 Å². The summed E-state index contributed by atoms with van der Waals surface area (Å²) in [6.45, 7) is 0. The number of benzene rings is 3. The van der Waals surface area contributed by atoms with E-state index in [2.05, 4.69) is 0 Å². The Morgan fingerprint density at radius 1 is 0.905 bits per heavy atom. The molecule has 3 nitrogen and oxygen atoms in total. The van der Waals surface area contributed by atoms with Crippen molar-refractivity contribution in [1.29, 1.82) is 0 Å². The average molecular weight is 298 g/mol. The molecule has 0 saturated carbocycles. The van der Waals surface area contributed by atoms with E-state index in [0.717, 1.165) is 10.8 Å². The first-order chi connectivity index (χ1) is 10.2. The first-order valence-electron chi connectivity index (χ1n) is 6.43. The van der Waals surface area contributed by atoms with Gasteiger partial charge in [0.05, 0.1) is 11.4 Å². The minimum absolute atomic E-state index is 0.559. The number of fused-ring (bicyclic) bond motifs is 1. The second-order valence-corrected chi connectivity index (χ2v) is 5.03. The summed E-state index contributed by atoms with van der Waals surface area (Å²) in [5.74, 6) is 0. The molecule has 0 unspecified atom stereocenters. The molecule has 3 rings (SSSR count). The Balaban J connectivity index is 2.21. The molecule has 3 aromatic rings. The second-order valence-electron chi connectivity index (χ2n) is 4.59. The number of amides is 1. The molecule has 0 radical (unpaired) electrons. The van der Waals surface area contributed by atoms with E-state index in [-0.39, 0.29) is 0 Å². The van der Waals surface area contributed by atoms with Crippen LogP contribution in [0.4, 0.5) is 16.2 Å². The van der Waals surface area contributed by atoms with Gasteiger partial charge in [0.2, 0.25) is 0 Å². The Morgan fingerprint density at radius 2 is 1.57 bits per heavy atom. The number of rotatable bonds is 2. The molecule has 0 fully saturated rings. The standard InChI is InChI=1S/C17H12ClNO2/c18-13-8-10-14(11-9-13)19(17(20)21)16-7-3-5-12-4-1-2-6-15(12)16/h1-11H,(H,20,21). The van der Waals surface area contributed by atoms with Crippen LogP contribution in [0.25, 0.3) is 10.8 Å². The molecule has 0 atom stereocenters. The van der Waals surface area contributed by atoms with Gasteiger partial charge in [-0.3, -0.25) is 0 Å². The van der Waals surface area contributed by atoms with Gasteiger partial charge in [-0.05, 0) is 35.7 Å². The molecule has 0 aromatic heterocycles. The summed E-state index contributed by atoms with van der Waals surface area (Å²) in [5.41, 5.74) is 1.19. The van der Waals surface area contributed by atoms with E-state index in [1.165, 1.54) is 4.90 Å². The first kappa shape index (κ1) is 13.5. The van der Waals surface area contributed by atoms with Crippen LogP contribution in [0.5, 0.6) is 0 Å². The van der Waals surface area contributed by atoms with Gasteiger partial charge in [-0.1, -0.05) is 48.0 Å². The van der Waals surface area contributed by atoms with Crippen LogP contribution in [0.15, 0.2) is 66.7 Å². The third-order valence-electron chi connectivity index (χ3n) is 3.28. The zero-order valence-corrected chi connectivity index (χ0v) is 11.8. The van der Waals surface area contributed by atoms with Crippen molar-refractivity contribution >= 4 is 39.8 Å². The highest BCUT2D eigenvalue weighted by Gasteiger charge is 2.18. The van der Waals surface area contributed by atoms with Crippen molar-refractivity contribution in [3.05, 3.63) is 71.8 Å². The van der Waals surface area contributed by atoms with Crippen molar-refractivity contribution in [3.63, 3.8) is 0 Å². The smallest absolute Gasteiger partial charge is 0.416 e. The number of hydrogen-bond acceptors (Lipinski definition) is 1. The Bertz CT molecular complexity index is 794. The van der Waals surface area contributed by atoms with E-state index in [0.29, 0.717) is 16.4 Å². The summed E-state index contributed by atoms with van der Waals surface area (Å²) in [5, 5.41) is 12.1. The van der Waals surface area contributed by atoms with E-state index in [4.69, 9.17) is 11.6 Å². The molecule has 0 aliphatic heterocycles. The zero-order chi connectivity index (χ0) is 14.8. The first-order valence-corrected chi connectivity index (χ1v) is 6.81. The lowest BCUT2D eigenvalue weighted by Gasteiger charge is -2.21. The van der Waals surface area contributed by atoms with Crippen LogP contribution in [0, 0.1) is 0 Å². The lowest BCUT2D eigenvalue weighted by Crippen LogP contribution is -2.23. The number of hydrogen-bond donors (Lipinski definition) is 1. The van der Waals surface area contributed by atoms with Gasteiger partial charge in [0.15, 0.2) is 0 Å². The lowest BCUT2D eigenvalue weighted by atomic mass is 10.1. The summed E-state index contributed by atoms with van der Waals surface area (Å²) in [6, 6.07) is 20.0. The zero-order valence-electron chi connectivity index (χ0n) is 11.0. The minimum Gasteiger partial charge on any atom is -0.464 e. The van der Waals surface area contributed by atoms with E-state index >= 15 is 0 Å². The number of anilines is 2. The largest absolute Gasteiger partial charge is 0.464 e. The van der Waals surface area contributed by atoms with Gasteiger partial charge in [-0.25, -0.2) is 9.69 Å². The Hall–Kier alpha value is -2.52. The Labute approximate surface area is 127 Å². The van der Waals surface area contributed by atoms with Crippen LogP contribution in [0.2, 0.25) is 5.02 Å². The number of carboxylic acid groups (broad SMARTS) is 1. The molecule has 1 amide bonds. The van der Waals surface area contributed by atoms with Crippen LogP contribution >= 0.6 is 11.6 Å². The lowest BCUT2D eigenvalue weighted by molar-refractivity contribution is 0.205. The Morgan fingerprint density at radius 3 is 2.29 bits per heavy atom. The summed E-state index contributed by atoms with van der Waals surface area (Å²) >= 11 is 5.87. The fourth-order valence-electron chi connectivity index (χ4n) is 2.35. The molecule has 104 valence electrons. The molecule has 0 spiro atoms. The highest BCUT2D eigenvalue weighted by Crippen LogP contribution is 2.32. The predicted octanol–water partition coefficient (Wildman–Crippen LogP) is 5.31. The summed E-state index contributed by atoms with van der Waals surface area (Å²) in [7, 11) is 0. The Kier molecular flexibility index (Phi) is 3.50. The van der Waals surface area contributed by atoms with Gasteiger partial charge in [0, 0.05) is 10.4 Å². The third-order valence-corrected chi connectivity index (χ3v) is 3.54. The summed E-state index contributed by atoms with van der Waals surface area (Å²) in [6.07, 6.45) is -1.03. The number of halogens is 1. The van der Waals surface area contributed by atoms with Crippen molar-refractivity contribution in [2.45, 2.75) is 0 Å². The maximum atomic E-state index is 11.7. The van der Waals surface area contributed by atoms with Gasteiger partial charge in [-0.15, -0.1) is 0 Å². The SMILES string of the molecule is O=C(O)N(c1ccc(Cl)cc1)c1cccc2ccccc12. The van der Waals surface area contributed by atoms with E-state index in [1.54, 1.807) is 30.3 Å². The molecule has 0 aliphatic rings. The number of nitrogens with zero attached hydrogens (tertiary/aromatic N) is 1. The third kappa shape index (κ3) is 2.56. The molecular formula is C17H12ClNO2. The van der Waals surface area contributed by atoms with Gasteiger partial charge in [-0.2, -0.15) is 0 Å². The summed E-state index contributed by atoms with van der Waals surface area (Å²) < 4.78 is 0. The fraction of sp³-hybridized carbons (Fsp3) is 0. The molecule has 4 heteroatoms. The molecule has 0 bridgehead atoms.